The van der Waals surface area contributed by atoms with E-state index in [1.165, 1.54) is 11.1 Å². The SMILES string of the molecule is CC1(C)CC(=O)NCc2ccc(Br)cc21. The van der Waals surface area contributed by atoms with Crippen molar-refractivity contribution in [1.29, 1.82) is 0 Å². The van der Waals surface area contributed by atoms with E-state index in [2.05, 4.69) is 47.2 Å². The molecule has 0 fully saturated rings. The second-order valence-electron chi connectivity index (χ2n) is 4.64. The van der Waals surface area contributed by atoms with Crippen molar-refractivity contribution >= 4 is 21.8 Å². The summed E-state index contributed by atoms with van der Waals surface area (Å²) >= 11 is 3.48. The van der Waals surface area contributed by atoms with E-state index in [0.29, 0.717) is 13.0 Å². The smallest absolute Gasteiger partial charge is 0.221 e. The van der Waals surface area contributed by atoms with Gasteiger partial charge in [0.1, 0.15) is 0 Å². The Balaban J connectivity index is 2.54. The van der Waals surface area contributed by atoms with Crippen molar-refractivity contribution in [2.75, 3.05) is 0 Å². The van der Waals surface area contributed by atoms with Gasteiger partial charge in [-0.3, -0.25) is 4.79 Å². The van der Waals surface area contributed by atoms with Crippen LogP contribution in [0.1, 0.15) is 31.4 Å². The largest absolute Gasteiger partial charge is 0.352 e. The summed E-state index contributed by atoms with van der Waals surface area (Å²) in [7, 11) is 0. The van der Waals surface area contributed by atoms with Gasteiger partial charge < -0.3 is 5.32 Å². The molecule has 0 bridgehead atoms. The Morgan fingerprint density at radius 3 is 2.87 bits per heavy atom. The van der Waals surface area contributed by atoms with Crippen molar-refractivity contribution in [3.05, 3.63) is 33.8 Å². The first-order valence-corrected chi connectivity index (χ1v) is 5.84. The summed E-state index contributed by atoms with van der Waals surface area (Å²) in [6, 6.07) is 6.22. The van der Waals surface area contributed by atoms with E-state index in [1.54, 1.807) is 0 Å². The Morgan fingerprint density at radius 2 is 2.13 bits per heavy atom. The number of fused-ring (bicyclic) bond motifs is 1. The molecular formula is C12H14BrNO. The van der Waals surface area contributed by atoms with Gasteiger partial charge in [0.05, 0.1) is 0 Å². The van der Waals surface area contributed by atoms with E-state index in [1.807, 2.05) is 6.07 Å². The van der Waals surface area contributed by atoms with E-state index in [-0.39, 0.29) is 11.3 Å². The number of halogens is 1. The lowest BCUT2D eigenvalue weighted by Crippen LogP contribution is -2.25. The van der Waals surface area contributed by atoms with Crippen molar-refractivity contribution in [3.63, 3.8) is 0 Å². The molecule has 1 aliphatic rings. The highest BCUT2D eigenvalue weighted by Gasteiger charge is 2.29. The van der Waals surface area contributed by atoms with Gasteiger partial charge in [-0.1, -0.05) is 35.8 Å². The van der Waals surface area contributed by atoms with Crippen LogP contribution in [-0.2, 0) is 16.8 Å². The van der Waals surface area contributed by atoms with Crippen LogP contribution >= 0.6 is 15.9 Å². The summed E-state index contributed by atoms with van der Waals surface area (Å²) in [5, 5.41) is 2.92. The predicted molar refractivity (Wildman–Crippen MR) is 63.6 cm³/mol. The number of amides is 1. The summed E-state index contributed by atoms with van der Waals surface area (Å²) in [6.07, 6.45) is 0.552. The molecule has 0 atom stereocenters. The van der Waals surface area contributed by atoms with E-state index >= 15 is 0 Å². The molecule has 0 saturated carbocycles. The molecular weight excluding hydrogens is 254 g/mol. The average molecular weight is 268 g/mol. The van der Waals surface area contributed by atoms with Gasteiger partial charge in [0.15, 0.2) is 0 Å². The topological polar surface area (TPSA) is 29.1 Å². The number of hydrogen-bond donors (Lipinski definition) is 1. The standard InChI is InChI=1S/C12H14BrNO/c1-12(2)6-11(15)14-7-8-3-4-9(13)5-10(8)12/h3-5H,6-7H2,1-2H3,(H,14,15). The molecule has 15 heavy (non-hydrogen) atoms. The molecule has 0 saturated heterocycles. The van der Waals surface area contributed by atoms with Gasteiger partial charge in [0.2, 0.25) is 5.91 Å². The van der Waals surface area contributed by atoms with E-state index in [4.69, 9.17) is 0 Å². The van der Waals surface area contributed by atoms with Crippen LogP contribution in [-0.4, -0.2) is 5.91 Å². The maximum atomic E-state index is 11.5. The lowest BCUT2D eigenvalue weighted by Gasteiger charge is -2.24. The first-order chi connectivity index (χ1) is 6.99. The molecule has 0 unspecified atom stereocenters. The third-order valence-corrected chi connectivity index (χ3v) is 3.37. The minimum Gasteiger partial charge on any atom is -0.352 e. The summed E-state index contributed by atoms with van der Waals surface area (Å²) < 4.78 is 1.07. The van der Waals surface area contributed by atoms with E-state index < -0.39 is 0 Å². The molecule has 1 aromatic carbocycles. The predicted octanol–water partition coefficient (Wildman–Crippen LogP) is 2.75. The Kier molecular flexibility index (Phi) is 2.59. The van der Waals surface area contributed by atoms with Crippen molar-refractivity contribution in [3.8, 4) is 0 Å². The Hall–Kier alpha value is -0.830. The van der Waals surface area contributed by atoms with Gasteiger partial charge >= 0.3 is 0 Å². The quantitative estimate of drug-likeness (QED) is 0.770. The van der Waals surface area contributed by atoms with Crippen LogP contribution in [0.2, 0.25) is 0 Å². The number of rotatable bonds is 0. The maximum Gasteiger partial charge on any atom is 0.221 e. The Morgan fingerprint density at radius 1 is 1.40 bits per heavy atom. The second kappa shape index (κ2) is 3.63. The maximum absolute atomic E-state index is 11.5. The van der Waals surface area contributed by atoms with Crippen LogP contribution < -0.4 is 5.32 Å². The molecule has 0 spiro atoms. The zero-order chi connectivity index (χ0) is 11.1. The molecule has 1 aliphatic heterocycles. The third kappa shape index (κ3) is 2.07. The lowest BCUT2D eigenvalue weighted by molar-refractivity contribution is -0.122. The van der Waals surface area contributed by atoms with E-state index in [0.717, 1.165) is 4.47 Å². The molecule has 1 aromatic rings. The molecule has 2 rings (SSSR count). The van der Waals surface area contributed by atoms with Crippen LogP contribution in [0.15, 0.2) is 22.7 Å². The number of nitrogens with one attached hydrogen (secondary N) is 1. The fourth-order valence-corrected chi connectivity index (χ4v) is 2.45. The van der Waals surface area contributed by atoms with Gasteiger partial charge in [0, 0.05) is 17.4 Å². The van der Waals surface area contributed by atoms with Crippen molar-refractivity contribution in [2.45, 2.75) is 32.2 Å². The van der Waals surface area contributed by atoms with Gasteiger partial charge in [-0.15, -0.1) is 0 Å². The molecule has 3 heteroatoms. The van der Waals surface area contributed by atoms with Crippen LogP contribution in [0, 0.1) is 0 Å². The van der Waals surface area contributed by atoms with Crippen molar-refractivity contribution in [1.82, 2.24) is 5.32 Å². The molecule has 1 amide bonds. The highest BCUT2D eigenvalue weighted by atomic mass is 79.9. The minimum absolute atomic E-state index is 0.0836. The van der Waals surface area contributed by atoms with E-state index in [9.17, 15) is 4.79 Å². The van der Waals surface area contributed by atoms with Gasteiger partial charge in [-0.25, -0.2) is 0 Å². The summed E-state index contributed by atoms with van der Waals surface area (Å²) in [4.78, 5) is 11.5. The second-order valence-corrected chi connectivity index (χ2v) is 5.55. The van der Waals surface area contributed by atoms with Crippen LogP contribution in [0.25, 0.3) is 0 Å². The van der Waals surface area contributed by atoms with Crippen LogP contribution in [0.5, 0.6) is 0 Å². The fourth-order valence-electron chi connectivity index (χ4n) is 2.09. The number of carbonyl (C=O) groups is 1. The first kappa shape index (κ1) is 10.7. The summed E-state index contributed by atoms with van der Waals surface area (Å²) in [5.74, 6) is 0.132. The third-order valence-electron chi connectivity index (χ3n) is 2.88. The normalized spacial score (nSPS) is 19.0. The highest BCUT2D eigenvalue weighted by molar-refractivity contribution is 9.10. The number of benzene rings is 1. The zero-order valence-electron chi connectivity index (χ0n) is 8.93. The monoisotopic (exact) mass is 267 g/mol. The molecule has 2 nitrogen and oxygen atoms in total. The summed E-state index contributed by atoms with van der Waals surface area (Å²) in [6.45, 7) is 4.87. The Bertz CT molecular complexity index is 412. The van der Waals surface area contributed by atoms with Crippen LogP contribution in [0.3, 0.4) is 0 Å². The summed E-state index contributed by atoms with van der Waals surface area (Å²) in [5.41, 5.74) is 2.39. The molecule has 0 aromatic heterocycles. The molecule has 1 N–H and O–H groups in total. The van der Waals surface area contributed by atoms with Crippen molar-refractivity contribution in [2.24, 2.45) is 0 Å². The zero-order valence-corrected chi connectivity index (χ0v) is 10.5. The van der Waals surface area contributed by atoms with Crippen molar-refractivity contribution < 1.29 is 4.79 Å². The molecule has 80 valence electrons. The van der Waals surface area contributed by atoms with Gasteiger partial charge in [-0.2, -0.15) is 0 Å². The fraction of sp³-hybridized carbons (Fsp3) is 0.417. The highest BCUT2D eigenvalue weighted by Crippen LogP contribution is 2.33. The first-order valence-electron chi connectivity index (χ1n) is 5.05. The molecule has 1 heterocycles. The van der Waals surface area contributed by atoms with Crippen LogP contribution in [0.4, 0.5) is 0 Å². The van der Waals surface area contributed by atoms with Gasteiger partial charge in [0.25, 0.3) is 0 Å². The molecule has 0 radical (unpaired) electrons. The number of carbonyl (C=O) groups excluding carboxylic acids is 1. The number of hydrogen-bond acceptors (Lipinski definition) is 1. The Labute approximate surface area is 98.2 Å². The minimum atomic E-state index is -0.0836. The molecule has 0 aliphatic carbocycles. The van der Waals surface area contributed by atoms with Gasteiger partial charge in [-0.05, 0) is 28.7 Å². The lowest BCUT2D eigenvalue weighted by atomic mass is 9.80. The average Bonchev–Trinajstić information content (AvgIpc) is 2.24.